The van der Waals surface area contributed by atoms with Crippen LogP contribution in [0.5, 0.6) is 0 Å². The van der Waals surface area contributed by atoms with Crippen LogP contribution in [0, 0.1) is 14.0 Å². The van der Waals surface area contributed by atoms with E-state index in [4.69, 9.17) is 0 Å². The molecule has 0 bridgehead atoms. The first-order chi connectivity index (χ1) is 4.33. The first kappa shape index (κ1) is 10.1. The van der Waals surface area contributed by atoms with Gasteiger partial charge in [-0.3, -0.25) is 7.05 Å². The maximum absolute atomic E-state index is 3.54. The molecule has 1 radical (unpaired) electrons. The summed E-state index contributed by atoms with van der Waals surface area (Å²) in [6.45, 7) is 2.06. The van der Waals surface area contributed by atoms with E-state index in [1.54, 1.807) is 0 Å². The van der Waals surface area contributed by atoms with Crippen molar-refractivity contribution < 1.29 is 32.7 Å². The predicted molar refractivity (Wildman–Crippen MR) is 40.2 cm³/mol. The minimum absolute atomic E-state index is 0. The summed E-state index contributed by atoms with van der Waals surface area (Å²) in [7, 11) is 3.54. The second-order valence-corrected chi connectivity index (χ2v) is 2.04. The molecule has 0 heterocycles. The van der Waals surface area contributed by atoms with Crippen LogP contribution in [-0.4, -0.2) is 0 Å². The topological polar surface area (TPSA) is 12.0 Å². The van der Waals surface area contributed by atoms with E-state index >= 15 is 0 Å². The number of benzene rings is 1. The van der Waals surface area contributed by atoms with Gasteiger partial charge in [0, 0.05) is 38.4 Å². The van der Waals surface area contributed by atoms with Gasteiger partial charge < -0.3 is 5.32 Å². The Labute approximate surface area is 87.1 Å². The molecule has 0 aliphatic rings. The van der Waals surface area contributed by atoms with Crippen LogP contribution in [0.2, 0.25) is 0 Å². The molecule has 2 heteroatoms. The minimum Gasteiger partial charge on any atom is -0.538 e. The molecule has 1 N–H and O–H groups in total. The molecule has 0 aliphatic heterocycles. The molecule has 0 amide bonds. The van der Waals surface area contributed by atoms with E-state index in [0.29, 0.717) is 0 Å². The molecule has 1 rings (SSSR count). The van der Waals surface area contributed by atoms with Crippen molar-refractivity contribution in [2.75, 3.05) is 5.32 Å². The largest absolute Gasteiger partial charge is 0.538 e. The maximum atomic E-state index is 3.54. The van der Waals surface area contributed by atoms with Gasteiger partial charge in [0.05, 0.1) is 0 Å². The third-order valence-corrected chi connectivity index (χ3v) is 1.26. The molecule has 0 saturated heterocycles. The fourth-order valence-electron chi connectivity index (χ4n) is 0.671. The summed E-state index contributed by atoms with van der Waals surface area (Å²) in [6.07, 6.45) is 0. The summed E-state index contributed by atoms with van der Waals surface area (Å²) in [6, 6.07) is 8.10. The van der Waals surface area contributed by atoms with E-state index in [1.165, 1.54) is 5.56 Å². The van der Waals surface area contributed by atoms with E-state index in [-0.39, 0.29) is 32.7 Å². The SMILES string of the molecule is [CH2-]Nc1ccc(C)cc1.[Y]. The number of rotatable bonds is 1. The van der Waals surface area contributed by atoms with Crippen molar-refractivity contribution in [3.8, 4) is 0 Å². The van der Waals surface area contributed by atoms with Crippen molar-refractivity contribution >= 4 is 5.69 Å². The Balaban J connectivity index is 0.000000810. The summed E-state index contributed by atoms with van der Waals surface area (Å²) in [4.78, 5) is 0. The van der Waals surface area contributed by atoms with Crippen molar-refractivity contribution in [1.29, 1.82) is 0 Å². The van der Waals surface area contributed by atoms with E-state index in [0.717, 1.165) is 5.69 Å². The monoisotopic (exact) mass is 209 g/mol. The number of hydrogen-bond acceptors (Lipinski definition) is 1. The average molecular weight is 209 g/mol. The molecular weight excluding hydrogens is 199 g/mol. The molecule has 1 nitrogen and oxygen atoms in total. The van der Waals surface area contributed by atoms with Crippen LogP contribution >= 0.6 is 0 Å². The van der Waals surface area contributed by atoms with Crippen molar-refractivity contribution in [2.45, 2.75) is 6.92 Å². The molecule has 1 aromatic rings. The molecule has 0 aliphatic carbocycles. The zero-order valence-electron chi connectivity index (χ0n) is 6.09. The zero-order valence-corrected chi connectivity index (χ0v) is 8.93. The molecule has 0 spiro atoms. The van der Waals surface area contributed by atoms with Gasteiger partial charge in [-0.25, -0.2) is 0 Å². The van der Waals surface area contributed by atoms with Crippen LogP contribution in [-0.2, 0) is 32.7 Å². The Hall–Kier alpha value is 0.124. The summed E-state index contributed by atoms with van der Waals surface area (Å²) in [5.41, 5.74) is 2.33. The van der Waals surface area contributed by atoms with Gasteiger partial charge in [0.2, 0.25) is 0 Å². The maximum Gasteiger partial charge on any atom is 0.00443 e. The fourth-order valence-corrected chi connectivity index (χ4v) is 0.671. The molecule has 0 atom stereocenters. The van der Waals surface area contributed by atoms with Gasteiger partial charge in [-0.05, 0) is 19.1 Å². The molecular formula is C8H10NY-. The van der Waals surface area contributed by atoms with Crippen molar-refractivity contribution in [2.24, 2.45) is 0 Å². The van der Waals surface area contributed by atoms with Crippen LogP contribution in [0.1, 0.15) is 5.56 Å². The van der Waals surface area contributed by atoms with Crippen LogP contribution in [0.4, 0.5) is 5.69 Å². The molecule has 10 heavy (non-hydrogen) atoms. The third-order valence-electron chi connectivity index (χ3n) is 1.26. The quantitative estimate of drug-likeness (QED) is 0.699. The number of anilines is 1. The van der Waals surface area contributed by atoms with Crippen molar-refractivity contribution in [3.05, 3.63) is 36.9 Å². The van der Waals surface area contributed by atoms with Gasteiger partial charge in [0.25, 0.3) is 0 Å². The smallest absolute Gasteiger partial charge is 0.00443 e. The van der Waals surface area contributed by atoms with Gasteiger partial charge >= 0.3 is 0 Å². The second-order valence-electron chi connectivity index (χ2n) is 2.04. The van der Waals surface area contributed by atoms with Crippen LogP contribution in [0.3, 0.4) is 0 Å². The zero-order chi connectivity index (χ0) is 6.69. The number of nitrogens with one attached hydrogen (secondary N) is 1. The fraction of sp³-hybridized carbons (Fsp3) is 0.125. The first-order valence-corrected chi connectivity index (χ1v) is 2.92. The van der Waals surface area contributed by atoms with Gasteiger partial charge in [-0.1, -0.05) is 17.7 Å². The summed E-state index contributed by atoms with van der Waals surface area (Å²) >= 11 is 0. The first-order valence-electron chi connectivity index (χ1n) is 2.92. The Kier molecular flexibility index (Phi) is 4.93. The Bertz CT molecular complexity index is 181. The van der Waals surface area contributed by atoms with Crippen molar-refractivity contribution in [3.63, 3.8) is 0 Å². The molecule has 1 aromatic carbocycles. The molecule has 51 valence electrons. The van der Waals surface area contributed by atoms with Crippen LogP contribution in [0.15, 0.2) is 24.3 Å². The van der Waals surface area contributed by atoms with Gasteiger partial charge in [-0.2, -0.15) is 0 Å². The van der Waals surface area contributed by atoms with Crippen LogP contribution < -0.4 is 5.32 Å². The van der Waals surface area contributed by atoms with Crippen molar-refractivity contribution in [1.82, 2.24) is 0 Å². The predicted octanol–water partition coefficient (Wildman–Crippen LogP) is 2.20. The van der Waals surface area contributed by atoms with E-state index < -0.39 is 0 Å². The Morgan fingerprint density at radius 3 is 2.10 bits per heavy atom. The van der Waals surface area contributed by atoms with E-state index in [1.807, 2.05) is 24.3 Å². The summed E-state index contributed by atoms with van der Waals surface area (Å²) in [5.74, 6) is 0. The Morgan fingerprint density at radius 1 is 1.20 bits per heavy atom. The number of aryl methyl sites for hydroxylation is 1. The van der Waals surface area contributed by atoms with Gasteiger partial charge in [0.1, 0.15) is 0 Å². The number of hydrogen-bond donors (Lipinski definition) is 1. The van der Waals surface area contributed by atoms with Crippen LogP contribution in [0.25, 0.3) is 0 Å². The van der Waals surface area contributed by atoms with E-state index in [2.05, 4.69) is 19.3 Å². The summed E-state index contributed by atoms with van der Waals surface area (Å²) in [5, 5.41) is 2.80. The molecule has 0 fully saturated rings. The molecule has 0 saturated carbocycles. The third kappa shape index (κ3) is 2.80. The Morgan fingerprint density at radius 2 is 1.70 bits per heavy atom. The summed E-state index contributed by atoms with van der Waals surface area (Å²) < 4.78 is 0. The van der Waals surface area contributed by atoms with E-state index in [9.17, 15) is 0 Å². The average Bonchev–Trinajstić information content (AvgIpc) is 1.90. The van der Waals surface area contributed by atoms with Gasteiger partial charge in [0.15, 0.2) is 0 Å². The standard InChI is InChI=1S/C8H10N.Y/c1-7-3-5-8(9-2)6-4-7;/h3-6,9H,2H2,1H3;/q-1;. The van der Waals surface area contributed by atoms with Gasteiger partial charge in [-0.15, -0.1) is 0 Å². The second kappa shape index (κ2) is 4.87. The molecule has 0 unspecified atom stereocenters. The normalized spacial score (nSPS) is 8.20. The minimum atomic E-state index is 0. The molecule has 0 aromatic heterocycles.